The van der Waals surface area contributed by atoms with Gasteiger partial charge in [-0.15, -0.1) is 16.4 Å². The van der Waals surface area contributed by atoms with Gasteiger partial charge in [-0.2, -0.15) is 0 Å². The zero-order chi connectivity index (χ0) is 24.1. The van der Waals surface area contributed by atoms with E-state index in [0.29, 0.717) is 17.8 Å². The lowest BCUT2D eigenvalue weighted by atomic mass is 10.1. The summed E-state index contributed by atoms with van der Waals surface area (Å²) in [6.07, 6.45) is 0.337. The average molecular weight is 478 g/mol. The molecule has 11 nitrogen and oxygen atoms in total. The first-order chi connectivity index (χ1) is 16.4. The van der Waals surface area contributed by atoms with Gasteiger partial charge in [0.2, 0.25) is 0 Å². The van der Waals surface area contributed by atoms with Crippen LogP contribution in [0.1, 0.15) is 23.0 Å². The fourth-order valence-corrected chi connectivity index (χ4v) is 3.69. The molecule has 2 heterocycles. The number of carbonyl (C=O) groups excluding carboxylic acids is 2. The molecule has 4 rings (SSSR count). The first kappa shape index (κ1) is 22.7. The predicted octanol–water partition coefficient (Wildman–Crippen LogP) is 3.54. The van der Waals surface area contributed by atoms with Crippen molar-refractivity contribution in [1.82, 2.24) is 20.0 Å². The molecular weight excluding hydrogens is 460 g/mol. The third kappa shape index (κ3) is 5.48. The number of ether oxygens (including phenoxy) is 1. The number of thiazole rings is 1. The molecule has 1 atom stereocenters. The smallest absolute Gasteiger partial charge is 0.361 e. The van der Waals surface area contributed by atoms with Crippen LogP contribution >= 0.6 is 11.3 Å². The minimum Gasteiger partial charge on any atom is -0.448 e. The molecule has 12 heteroatoms. The first-order valence-electron chi connectivity index (χ1n) is 10.1. The number of nitro groups is 1. The Bertz CT molecular complexity index is 1340. The summed E-state index contributed by atoms with van der Waals surface area (Å²) in [4.78, 5) is 39.6. The van der Waals surface area contributed by atoms with Crippen LogP contribution in [0.25, 0.3) is 11.3 Å². The highest BCUT2D eigenvalue weighted by Crippen LogP contribution is 2.27. The summed E-state index contributed by atoms with van der Waals surface area (Å²) in [5, 5.41) is 23.2. The van der Waals surface area contributed by atoms with E-state index in [2.05, 4.69) is 20.6 Å². The molecule has 2 aromatic carbocycles. The van der Waals surface area contributed by atoms with Gasteiger partial charge in [0.05, 0.1) is 23.4 Å². The van der Waals surface area contributed by atoms with Gasteiger partial charge in [-0.25, -0.2) is 14.5 Å². The Kier molecular flexibility index (Phi) is 6.69. The topological polar surface area (TPSA) is 142 Å². The van der Waals surface area contributed by atoms with E-state index in [1.807, 2.05) is 30.3 Å². The Morgan fingerprint density at radius 2 is 2.00 bits per heavy atom. The number of esters is 1. The number of aromatic nitrogens is 4. The summed E-state index contributed by atoms with van der Waals surface area (Å²) in [7, 11) is 0. The second-order valence-corrected chi connectivity index (χ2v) is 8.03. The Morgan fingerprint density at radius 1 is 1.21 bits per heavy atom. The zero-order valence-corrected chi connectivity index (χ0v) is 18.6. The molecule has 0 saturated heterocycles. The number of nitrogens with zero attached hydrogens (tertiary/aromatic N) is 5. The number of nitro benzene ring substituents is 1. The van der Waals surface area contributed by atoms with Crippen LogP contribution in [-0.2, 0) is 16.1 Å². The first-order valence-corrected chi connectivity index (χ1v) is 10.9. The second kappa shape index (κ2) is 10.0. The highest BCUT2D eigenvalue weighted by Gasteiger charge is 2.22. The molecule has 1 amide bonds. The Labute approximate surface area is 197 Å². The molecule has 0 radical (unpaired) electrons. The highest BCUT2D eigenvalue weighted by atomic mass is 32.1. The van der Waals surface area contributed by atoms with E-state index in [9.17, 15) is 19.7 Å². The van der Waals surface area contributed by atoms with E-state index in [4.69, 9.17) is 4.74 Å². The lowest BCUT2D eigenvalue weighted by molar-refractivity contribution is -0.384. The molecule has 172 valence electrons. The van der Waals surface area contributed by atoms with Gasteiger partial charge in [0.15, 0.2) is 16.9 Å². The number of anilines is 1. The summed E-state index contributed by atoms with van der Waals surface area (Å²) in [5.74, 6) is -1.36. The molecule has 0 fully saturated rings. The van der Waals surface area contributed by atoms with Crippen molar-refractivity contribution in [1.29, 1.82) is 0 Å². The molecule has 0 bridgehead atoms. The van der Waals surface area contributed by atoms with Crippen molar-refractivity contribution in [2.45, 2.75) is 19.6 Å². The molecule has 34 heavy (non-hydrogen) atoms. The van der Waals surface area contributed by atoms with Gasteiger partial charge >= 0.3 is 5.97 Å². The summed E-state index contributed by atoms with van der Waals surface area (Å²) in [5.41, 5.74) is 1.94. The van der Waals surface area contributed by atoms with Crippen molar-refractivity contribution in [3.8, 4) is 11.3 Å². The molecule has 1 N–H and O–H groups in total. The van der Waals surface area contributed by atoms with Gasteiger partial charge in [0.25, 0.3) is 11.6 Å². The maximum atomic E-state index is 12.5. The van der Waals surface area contributed by atoms with Gasteiger partial charge in [-0.1, -0.05) is 47.7 Å². The van der Waals surface area contributed by atoms with Crippen molar-refractivity contribution < 1.29 is 19.2 Å². The molecule has 4 aromatic rings. The fraction of sp³-hybridized carbons (Fsp3) is 0.136. The number of benzene rings is 2. The monoisotopic (exact) mass is 478 g/mol. The molecule has 0 spiro atoms. The van der Waals surface area contributed by atoms with Crippen LogP contribution in [0.4, 0.5) is 10.8 Å². The van der Waals surface area contributed by atoms with Crippen LogP contribution in [0.3, 0.4) is 0 Å². The minimum absolute atomic E-state index is 0.0159. The van der Waals surface area contributed by atoms with Gasteiger partial charge in [0.1, 0.15) is 0 Å². The van der Waals surface area contributed by atoms with Crippen LogP contribution < -0.4 is 5.32 Å². The number of carbonyl (C=O) groups is 2. The van der Waals surface area contributed by atoms with E-state index in [1.165, 1.54) is 29.9 Å². The van der Waals surface area contributed by atoms with Gasteiger partial charge in [-0.3, -0.25) is 20.2 Å². The molecule has 0 aliphatic heterocycles. The van der Waals surface area contributed by atoms with Crippen molar-refractivity contribution >= 4 is 34.0 Å². The Hall–Kier alpha value is -4.45. The van der Waals surface area contributed by atoms with Crippen molar-refractivity contribution in [2.75, 3.05) is 5.32 Å². The Balaban J connectivity index is 1.34. The van der Waals surface area contributed by atoms with Gasteiger partial charge in [-0.05, 0) is 12.5 Å². The summed E-state index contributed by atoms with van der Waals surface area (Å²) < 4.78 is 6.70. The number of non-ortho nitro benzene ring substituents is 1. The largest absolute Gasteiger partial charge is 0.448 e. The predicted molar refractivity (Wildman–Crippen MR) is 123 cm³/mol. The van der Waals surface area contributed by atoms with Crippen molar-refractivity contribution in [3.63, 3.8) is 0 Å². The third-order valence-corrected chi connectivity index (χ3v) is 5.43. The van der Waals surface area contributed by atoms with E-state index in [0.717, 1.165) is 16.9 Å². The molecular formula is C22H18N6O5S. The summed E-state index contributed by atoms with van der Waals surface area (Å²) >= 11 is 1.14. The second-order valence-electron chi connectivity index (χ2n) is 7.17. The summed E-state index contributed by atoms with van der Waals surface area (Å²) in [6, 6.07) is 15.6. The van der Waals surface area contributed by atoms with Crippen LogP contribution in [0.15, 0.2) is 66.2 Å². The number of amides is 1. The van der Waals surface area contributed by atoms with E-state index in [-0.39, 0.29) is 16.5 Å². The van der Waals surface area contributed by atoms with E-state index in [1.54, 1.807) is 17.5 Å². The van der Waals surface area contributed by atoms with Crippen LogP contribution in [0.5, 0.6) is 0 Å². The minimum atomic E-state index is -1.11. The number of hydrogen-bond donors (Lipinski definition) is 1. The quantitative estimate of drug-likeness (QED) is 0.230. The number of hydrogen-bond acceptors (Lipinski definition) is 9. The van der Waals surface area contributed by atoms with Crippen LogP contribution in [-0.4, -0.2) is 42.9 Å². The number of rotatable bonds is 8. The molecule has 0 aliphatic carbocycles. The molecule has 2 aromatic heterocycles. The average Bonchev–Trinajstić information content (AvgIpc) is 3.50. The lowest BCUT2D eigenvalue weighted by Gasteiger charge is -2.11. The maximum Gasteiger partial charge on any atom is 0.361 e. The zero-order valence-electron chi connectivity index (χ0n) is 17.8. The normalized spacial score (nSPS) is 11.6. The lowest BCUT2D eigenvalue weighted by Crippen LogP contribution is -2.30. The maximum absolute atomic E-state index is 12.5. The van der Waals surface area contributed by atoms with Gasteiger partial charge < -0.3 is 4.74 Å². The SMILES string of the molecule is CC(OC(=O)c1cn(Cc2ccccc2)nn1)C(=O)Nc1nc(-c2cccc([N+](=O)[O-])c2)cs1. The fourth-order valence-electron chi connectivity index (χ4n) is 2.96. The standard InChI is InChI=1S/C22H18N6O5S/c1-14(33-21(30)18-12-27(26-25-18)11-15-6-3-2-4-7-15)20(29)24-22-23-19(13-34-22)16-8-5-9-17(10-16)28(31)32/h2-10,12-14H,11H2,1H3,(H,23,24,29). The Morgan fingerprint density at radius 3 is 2.76 bits per heavy atom. The van der Waals surface area contributed by atoms with Crippen molar-refractivity contribution in [3.05, 3.63) is 87.5 Å². The highest BCUT2D eigenvalue weighted by molar-refractivity contribution is 7.14. The molecule has 1 unspecified atom stereocenters. The molecule has 0 aliphatic rings. The molecule has 0 saturated carbocycles. The van der Waals surface area contributed by atoms with Gasteiger partial charge in [0, 0.05) is 23.1 Å². The number of nitrogens with one attached hydrogen (secondary N) is 1. The van der Waals surface area contributed by atoms with Crippen LogP contribution in [0.2, 0.25) is 0 Å². The third-order valence-electron chi connectivity index (χ3n) is 4.68. The summed E-state index contributed by atoms with van der Waals surface area (Å²) in [6.45, 7) is 1.87. The van der Waals surface area contributed by atoms with E-state index < -0.39 is 22.9 Å². The van der Waals surface area contributed by atoms with Crippen molar-refractivity contribution in [2.24, 2.45) is 0 Å². The van der Waals surface area contributed by atoms with Crippen LogP contribution in [0, 0.1) is 10.1 Å². The van der Waals surface area contributed by atoms with E-state index >= 15 is 0 Å².